The van der Waals surface area contributed by atoms with E-state index in [2.05, 4.69) is 26.2 Å². The lowest BCUT2D eigenvalue weighted by molar-refractivity contribution is -0.115. The monoisotopic (exact) mass is 292 g/mol. The Kier molecular flexibility index (Phi) is 3.74. The molecule has 2 rings (SSSR count). The molecule has 0 radical (unpaired) electrons. The second-order valence-corrected chi connectivity index (χ2v) is 4.89. The van der Waals surface area contributed by atoms with Crippen LogP contribution < -0.4 is 5.32 Å². The number of alkyl halides is 1. The first kappa shape index (κ1) is 12.0. The summed E-state index contributed by atoms with van der Waals surface area (Å²) in [7, 11) is 0. The molecule has 1 aromatic heterocycles. The standard InChI is InChI=1S/C13H13BrN2O/c1-2-11(14)13(17)16-10-7-9-5-3-4-6-12(9)15-8-10/h3-8,11H,2H2,1H3,(H,16,17)/t11-/m0/s1. The molecule has 2 aromatic rings. The van der Waals surface area contributed by atoms with Crippen LogP contribution in [0.3, 0.4) is 0 Å². The average molecular weight is 293 g/mol. The summed E-state index contributed by atoms with van der Waals surface area (Å²) >= 11 is 3.32. The molecule has 0 aliphatic heterocycles. The lowest BCUT2D eigenvalue weighted by Gasteiger charge is -2.08. The topological polar surface area (TPSA) is 42.0 Å². The first-order valence-electron chi connectivity index (χ1n) is 5.50. The van der Waals surface area contributed by atoms with Gasteiger partial charge in [-0.1, -0.05) is 41.1 Å². The van der Waals surface area contributed by atoms with E-state index in [0.717, 1.165) is 23.0 Å². The molecule has 88 valence electrons. The molecule has 0 aliphatic rings. The molecule has 1 heterocycles. The maximum absolute atomic E-state index is 11.7. The van der Waals surface area contributed by atoms with Crippen LogP contribution in [0.1, 0.15) is 13.3 Å². The molecule has 0 spiro atoms. The molecule has 0 aliphatic carbocycles. The number of carbonyl (C=O) groups excluding carboxylic acids is 1. The van der Waals surface area contributed by atoms with Crippen LogP contribution in [0.5, 0.6) is 0 Å². The molecule has 1 amide bonds. The van der Waals surface area contributed by atoms with Crippen molar-refractivity contribution in [2.24, 2.45) is 0 Å². The van der Waals surface area contributed by atoms with Crippen molar-refractivity contribution in [1.82, 2.24) is 4.98 Å². The first-order valence-corrected chi connectivity index (χ1v) is 6.42. The summed E-state index contributed by atoms with van der Waals surface area (Å²) in [6.45, 7) is 1.96. The van der Waals surface area contributed by atoms with Crippen LogP contribution in [0.25, 0.3) is 10.9 Å². The molecule has 1 aromatic carbocycles. The number of hydrogen-bond donors (Lipinski definition) is 1. The van der Waals surface area contributed by atoms with E-state index in [4.69, 9.17) is 0 Å². The molecule has 1 N–H and O–H groups in total. The number of carbonyl (C=O) groups is 1. The van der Waals surface area contributed by atoms with Crippen molar-refractivity contribution in [1.29, 1.82) is 0 Å². The van der Waals surface area contributed by atoms with Gasteiger partial charge < -0.3 is 5.32 Å². The minimum atomic E-state index is -0.158. The van der Waals surface area contributed by atoms with Crippen LogP contribution in [0.15, 0.2) is 36.5 Å². The van der Waals surface area contributed by atoms with Crippen LogP contribution in [0.4, 0.5) is 5.69 Å². The molecule has 0 unspecified atom stereocenters. The van der Waals surface area contributed by atoms with Gasteiger partial charge >= 0.3 is 0 Å². The Balaban J connectivity index is 2.22. The van der Waals surface area contributed by atoms with Gasteiger partial charge in [-0.3, -0.25) is 9.78 Å². The van der Waals surface area contributed by atoms with Crippen molar-refractivity contribution in [3.8, 4) is 0 Å². The lowest BCUT2D eigenvalue weighted by atomic mass is 10.2. The van der Waals surface area contributed by atoms with Gasteiger partial charge in [0.25, 0.3) is 0 Å². The van der Waals surface area contributed by atoms with Crippen LogP contribution in [-0.2, 0) is 4.79 Å². The molecular formula is C13H13BrN2O. The third kappa shape index (κ3) is 2.82. The van der Waals surface area contributed by atoms with Crippen molar-refractivity contribution < 1.29 is 4.79 Å². The van der Waals surface area contributed by atoms with Crippen LogP contribution in [0, 0.1) is 0 Å². The first-order chi connectivity index (χ1) is 8.20. The number of para-hydroxylation sites is 1. The Morgan fingerprint density at radius 3 is 3.00 bits per heavy atom. The fraction of sp³-hybridized carbons (Fsp3) is 0.231. The van der Waals surface area contributed by atoms with E-state index >= 15 is 0 Å². The Hall–Kier alpha value is -1.42. The number of amides is 1. The predicted molar refractivity (Wildman–Crippen MR) is 73.4 cm³/mol. The summed E-state index contributed by atoms with van der Waals surface area (Å²) in [5.74, 6) is -0.0374. The third-order valence-electron chi connectivity index (χ3n) is 2.50. The Morgan fingerprint density at radius 2 is 2.24 bits per heavy atom. The van der Waals surface area contributed by atoms with Gasteiger partial charge in [0.05, 0.1) is 22.2 Å². The molecule has 1 atom stereocenters. The van der Waals surface area contributed by atoms with Crippen LogP contribution in [0.2, 0.25) is 0 Å². The zero-order valence-corrected chi connectivity index (χ0v) is 11.1. The van der Waals surface area contributed by atoms with Gasteiger partial charge in [0, 0.05) is 5.39 Å². The van der Waals surface area contributed by atoms with E-state index in [9.17, 15) is 4.79 Å². The van der Waals surface area contributed by atoms with Gasteiger partial charge in [-0.05, 0) is 18.6 Å². The molecule has 17 heavy (non-hydrogen) atoms. The van der Waals surface area contributed by atoms with E-state index in [1.54, 1.807) is 6.20 Å². The lowest BCUT2D eigenvalue weighted by Crippen LogP contribution is -2.21. The summed E-state index contributed by atoms with van der Waals surface area (Å²) in [5, 5.41) is 3.86. The number of nitrogens with one attached hydrogen (secondary N) is 1. The quantitative estimate of drug-likeness (QED) is 0.882. The predicted octanol–water partition coefficient (Wildman–Crippen LogP) is 3.35. The second-order valence-electron chi connectivity index (χ2n) is 3.78. The summed E-state index contributed by atoms with van der Waals surface area (Å²) in [4.78, 5) is 15.8. The van der Waals surface area contributed by atoms with Gasteiger partial charge in [-0.15, -0.1) is 0 Å². The zero-order chi connectivity index (χ0) is 12.3. The van der Waals surface area contributed by atoms with Crippen LogP contribution in [-0.4, -0.2) is 15.7 Å². The fourth-order valence-corrected chi connectivity index (χ4v) is 1.66. The third-order valence-corrected chi connectivity index (χ3v) is 3.56. The average Bonchev–Trinajstić information content (AvgIpc) is 2.37. The van der Waals surface area contributed by atoms with Gasteiger partial charge in [-0.2, -0.15) is 0 Å². The smallest absolute Gasteiger partial charge is 0.238 e. The number of hydrogen-bond acceptors (Lipinski definition) is 2. The van der Waals surface area contributed by atoms with Gasteiger partial charge in [-0.25, -0.2) is 0 Å². The molecule has 0 bridgehead atoms. The molecule has 4 heteroatoms. The van der Waals surface area contributed by atoms with Crippen molar-refractivity contribution in [3.63, 3.8) is 0 Å². The van der Waals surface area contributed by atoms with Crippen molar-refractivity contribution in [2.75, 3.05) is 5.32 Å². The van der Waals surface area contributed by atoms with E-state index in [-0.39, 0.29) is 10.7 Å². The van der Waals surface area contributed by atoms with Crippen LogP contribution >= 0.6 is 15.9 Å². The minimum absolute atomic E-state index is 0.0374. The Morgan fingerprint density at radius 1 is 1.47 bits per heavy atom. The maximum atomic E-state index is 11.7. The molecule has 0 fully saturated rings. The fourth-order valence-electron chi connectivity index (χ4n) is 1.55. The maximum Gasteiger partial charge on any atom is 0.238 e. The van der Waals surface area contributed by atoms with Gasteiger partial charge in [0.2, 0.25) is 5.91 Å². The Bertz CT molecular complexity index is 542. The van der Waals surface area contributed by atoms with E-state index in [1.165, 1.54) is 0 Å². The number of rotatable bonds is 3. The van der Waals surface area contributed by atoms with Crippen molar-refractivity contribution in [2.45, 2.75) is 18.2 Å². The Labute approximate surface area is 108 Å². The number of pyridine rings is 1. The summed E-state index contributed by atoms with van der Waals surface area (Å²) in [5.41, 5.74) is 1.66. The highest BCUT2D eigenvalue weighted by atomic mass is 79.9. The zero-order valence-electron chi connectivity index (χ0n) is 9.48. The minimum Gasteiger partial charge on any atom is -0.324 e. The number of benzene rings is 1. The second kappa shape index (κ2) is 5.27. The van der Waals surface area contributed by atoms with Gasteiger partial charge in [0.1, 0.15) is 0 Å². The molecular weight excluding hydrogens is 280 g/mol. The largest absolute Gasteiger partial charge is 0.324 e. The highest BCUT2D eigenvalue weighted by Gasteiger charge is 2.12. The summed E-state index contributed by atoms with van der Waals surface area (Å²) < 4.78 is 0. The number of anilines is 1. The highest BCUT2D eigenvalue weighted by molar-refractivity contribution is 9.10. The van der Waals surface area contributed by atoms with E-state index in [1.807, 2.05) is 37.3 Å². The van der Waals surface area contributed by atoms with Gasteiger partial charge in [0.15, 0.2) is 0 Å². The molecule has 3 nitrogen and oxygen atoms in total. The SMILES string of the molecule is CC[C@H](Br)C(=O)Nc1cnc2ccccc2c1. The summed E-state index contributed by atoms with van der Waals surface area (Å²) in [6.07, 6.45) is 2.43. The molecule has 0 saturated heterocycles. The molecule has 0 saturated carbocycles. The number of aromatic nitrogens is 1. The van der Waals surface area contributed by atoms with Crippen molar-refractivity contribution >= 4 is 38.4 Å². The number of halogens is 1. The number of fused-ring (bicyclic) bond motifs is 1. The van der Waals surface area contributed by atoms with E-state index < -0.39 is 0 Å². The number of nitrogens with zero attached hydrogens (tertiary/aromatic N) is 1. The highest BCUT2D eigenvalue weighted by Crippen LogP contribution is 2.17. The van der Waals surface area contributed by atoms with Crippen molar-refractivity contribution in [3.05, 3.63) is 36.5 Å². The summed E-state index contributed by atoms with van der Waals surface area (Å²) in [6, 6.07) is 9.74. The normalized spacial score (nSPS) is 12.4. The van der Waals surface area contributed by atoms with E-state index in [0.29, 0.717) is 0 Å².